The predicted molar refractivity (Wildman–Crippen MR) is 82.8 cm³/mol. The lowest BCUT2D eigenvalue weighted by atomic mass is 9.70. The first-order chi connectivity index (χ1) is 10.9. The van der Waals surface area contributed by atoms with Gasteiger partial charge in [-0.1, -0.05) is 19.1 Å². The van der Waals surface area contributed by atoms with Crippen LogP contribution >= 0.6 is 0 Å². The van der Waals surface area contributed by atoms with E-state index in [-0.39, 0.29) is 30.6 Å². The quantitative estimate of drug-likeness (QED) is 0.872. The van der Waals surface area contributed by atoms with Gasteiger partial charge in [0.05, 0.1) is 18.1 Å². The largest absolute Gasteiger partial charge is 0.387 e. The van der Waals surface area contributed by atoms with Gasteiger partial charge in [0.1, 0.15) is 5.82 Å². The minimum absolute atomic E-state index is 0.0550. The van der Waals surface area contributed by atoms with Crippen LogP contribution in [0, 0.1) is 17.2 Å². The zero-order valence-electron chi connectivity index (χ0n) is 13.3. The van der Waals surface area contributed by atoms with Crippen LogP contribution in [-0.4, -0.2) is 28.4 Å². The number of benzene rings is 1. The molecule has 1 spiro atoms. The number of halogens is 1. The van der Waals surface area contributed by atoms with Crippen molar-refractivity contribution < 1.29 is 19.1 Å². The molecule has 1 saturated carbocycles. The molecule has 1 aliphatic heterocycles. The lowest BCUT2D eigenvalue weighted by Gasteiger charge is -2.33. The second kappa shape index (κ2) is 6.04. The zero-order valence-corrected chi connectivity index (χ0v) is 13.3. The molecule has 0 radical (unpaired) electrons. The third-order valence-corrected chi connectivity index (χ3v) is 5.33. The molecule has 1 unspecified atom stereocenters. The first-order valence-corrected chi connectivity index (χ1v) is 8.20. The third kappa shape index (κ3) is 3.02. The van der Waals surface area contributed by atoms with Crippen molar-refractivity contribution in [1.82, 2.24) is 4.90 Å². The SMILES string of the molecule is CC1CCC2(CC1)CC(=O)N(CC(O)c1ccc(F)cc1)C2=O. The van der Waals surface area contributed by atoms with Crippen LogP contribution in [-0.2, 0) is 9.59 Å². The highest BCUT2D eigenvalue weighted by Crippen LogP contribution is 2.47. The molecule has 1 aliphatic carbocycles. The molecule has 0 bridgehead atoms. The number of carbonyl (C=O) groups excluding carboxylic acids is 2. The van der Waals surface area contributed by atoms with Crippen LogP contribution < -0.4 is 0 Å². The van der Waals surface area contributed by atoms with Gasteiger partial charge in [0.25, 0.3) is 0 Å². The number of β-amino-alcohol motifs (C(OH)–C–C–N with tert-alkyl or cyclic N) is 1. The highest BCUT2D eigenvalue weighted by Gasteiger charge is 2.52. The molecule has 0 aromatic heterocycles. The van der Waals surface area contributed by atoms with Crippen LogP contribution in [0.4, 0.5) is 4.39 Å². The average Bonchev–Trinajstić information content (AvgIpc) is 2.75. The maximum atomic E-state index is 12.9. The fourth-order valence-electron chi connectivity index (χ4n) is 3.71. The lowest BCUT2D eigenvalue weighted by Crippen LogP contribution is -2.39. The number of aliphatic hydroxyl groups excluding tert-OH is 1. The summed E-state index contributed by atoms with van der Waals surface area (Å²) < 4.78 is 12.9. The van der Waals surface area contributed by atoms with Gasteiger partial charge in [-0.2, -0.15) is 0 Å². The maximum absolute atomic E-state index is 12.9. The second-order valence-electron chi connectivity index (χ2n) is 7.02. The molecule has 3 rings (SSSR count). The molecule has 5 heteroatoms. The standard InChI is InChI=1S/C18H22FNO3/c1-12-6-8-18(9-7-12)10-16(22)20(17(18)23)11-15(21)13-2-4-14(19)5-3-13/h2-5,12,15,21H,6-11H2,1H3. The number of hydrogen-bond acceptors (Lipinski definition) is 3. The van der Waals surface area contributed by atoms with Crippen LogP contribution in [0.2, 0.25) is 0 Å². The molecule has 1 heterocycles. The van der Waals surface area contributed by atoms with Crippen molar-refractivity contribution in [3.63, 3.8) is 0 Å². The van der Waals surface area contributed by atoms with Gasteiger partial charge in [0, 0.05) is 6.42 Å². The van der Waals surface area contributed by atoms with E-state index in [1.807, 2.05) is 0 Å². The molecular formula is C18H22FNO3. The predicted octanol–water partition coefficient (Wildman–Crippen LogP) is 2.81. The highest BCUT2D eigenvalue weighted by atomic mass is 19.1. The summed E-state index contributed by atoms with van der Waals surface area (Å²) in [6.07, 6.45) is 2.71. The Morgan fingerprint density at radius 3 is 2.48 bits per heavy atom. The Balaban J connectivity index is 1.72. The highest BCUT2D eigenvalue weighted by molar-refractivity contribution is 6.06. The average molecular weight is 319 g/mol. The molecule has 2 amide bonds. The number of likely N-dealkylation sites (tertiary alicyclic amines) is 1. The number of nitrogens with zero attached hydrogens (tertiary/aromatic N) is 1. The van der Waals surface area contributed by atoms with E-state index in [2.05, 4.69) is 6.92 Å². The normalized spacial score (nSPS) is 29.3. The minimum atomic E-state index is -0.985. The van der Waals surface area contributed by atoms with Gasteiger partial charge >= 0.3 is 0 Å². The van der Waals surface area contributed by atoms with E-state index in [0.29, 0.717) is 11.5 Å². The number of imide groups is 1. The molecular weight excluding hydrogens is 297 g/mol. The zero-order chi connectivity index (χ0) is 16.6. The van der Waals surface area contributed by atoms with Crippen LogP contribution in [0.3, 0.4) is 0 Å². The third-order valence-electron chi connectivity index (χ3n) is 5.33. The van der Waals surface area contributed by atoms with Crippen molar-refractivity contribution in [2.75, 3.05) is 6.54 Å². The summed E-state index contributed by atoms with van der Waals surface area (Å²) in [5.41, 5.74) is -0.0447. The van der Waals surface area contributed by atoms with Crippen molar-refractivity contribution in [3.05, 3.63) is 35.6 Å². The smallest absolute Gasteiger partial charge is 0.236 e. The number of aliphatic hydroxyl groups is 1. The summed E-state index contributed by atoms with van der Waals surface area (Å²) in [6.45, 7) is 2.12. The number of amides is 2. The number of hydrogen-bond donors (Lipinski definition) is 1. The van der Waals surface area contributed by atoms with Gasteiger partial charge in [-0.3, -0.25) is 14.5 Å². The Hall–Kier alpha value is -1.75. The van der Waals surface area contributed by atoms with E-state index in [4.69, 9.17) is 0 Å². The molecule has 1 aromatic rings. The van der Waals surface area contributed by atoms with Gasteiger partial charge in [0.15, 0.2) is 0 Å². The first kappa shape index (κ1) is 16.1. The van der Waals surface area contributed by atoms with Gasteiger partial charge in [0.2, 0.25) is 11.8 Å². The second-order valence-corrected chi connectivity index (χ2v) is 7.02. The van der Waals surface area contributed by atoms with Gasteiger partial charge in [-0.15, -0.1) is 0 Å². The Labute approximate surface area is 135 Å². The van der Waals surface area contributed by atoms with Crippen molar-refractivity contribution in [1.29, 1.82) is 0 Å². The summed E-state index contributed by atoms with van der Waals surface area (Å²) in [5.74, 6) is -0.131. The number of rotatable bonds is 3. The summed E-state index contributed by atoms with van der Waals surface area (Å²) in [4.78, 5) is 26.2. The monoisotopic (exact) mass is 319 g/mol. The summed E-state index contributed by atoms with van der Waals surface area (Å²) >= 11 is 0. The summed E-state index contributed by atoms with van der Waals surface area (Å²) in [7, 11) is 0. The number of carbonyl (C=O) groups is 2. The van der Waals surface area contributed by atoms with Crippen molar-refractivity contribution in [2.24, 2.45) is 11.3 Å². The Morgan fingerprint density at radius 2 is 1.87 bits per heavy atom. The Bertz CT molecular complexity index is 605. The van der Waals surface area contributed by atoms with E-state index < -0.39 is 11.5 Å². The van der Waals surface area contributed by atoms with E-state index in [1.165, 1.54) is 29.2 Å². The van der Waals surface area contributed by atoms with E-state index in [1.54, 1.807) is 0 Å². The van der Waals surface area contributed by atoms with Gasteiger partial charge in [-0.25, -0.2) is 4.39 Å². The van der Waals surface area contributed by atoms with Crippen molar-refractivity contribution in [3.8, 4) is 0 Å². The van der Waals surface area contributed by atoms with Crippen LogP contribution in [0.5, 0.6) is 0 Å². The Morgan fingerprint density at radius 1 is 1.26 bits per heavy atom. The molecule has 23 heavy (non-hydrogen) atoms. The summed E-state index contributed by atoms with van der Waals surface area (Å²) in [6, 6.07) is 5.47. The fourth-order valence-corrected chi connectivity index (χ4v) is 3.71. The van der Waals surface area contributed by atoms with Gasteiger partial charge < -0.3 is 5.11 Å². The lowest BCUT2D eigenvalue weighted by molar-refractivity contribution is -0.144. The Kier molecular flexibility index (Phi) is 4.23. The van der Waals surface area contributed by atoms with Crippen molar-refractivity contribution >= 4 is 11.8 Å². The molecule has 1 N–H and O–H groups in total. The van der Waals surface area contributed by atoms with Crippen LogP contribution in [0.25, 0.3) is 0 Å². The van der Waals surface area contributed by atoms with Crippen LogP contribution in [0.1, 0.15) is 50.7 Å². The topological polar surface area (TPSA) is 57.6 Å². The molecule has 4 nitrogen and oxygen atoms in total. The molecule has 2 fully saturated rings. The maximum Gasteiger partial charge on any atom is 0.236 e. The molecule has 1 atom stereocenters. The van der Waals surface area contributed by atoms with E-state index in [9.17, 15) is 19.1 Å². The molecule has 2 aliphatic rings. The van der Waals surface area contributed by atoms with E-state index in [0.717, 1.165) is 25.7 Å². The van der Waals surface area contributed by atoms with E-state index >= 15 is 0 Å². The van der Waals surface area contributed by atoms with Gasteiger partial charge in [-0.05, 0) is 49.3 Å². The molecule has 124 valence electrons. The molecule has 1 aromatic carbocycles. The summed E-state index contributed by atoms with van der Waals surface area (Å²) in [5, 5.41) is 10.3. The minimum Gasteiger partial charge on any atom is -0.387 e. The molecule has 1 saturated heterocycles. The first-order valence-electron chi connectivity index (χ1n) is 8.20. The fraction of sp³-hybridized carbons (Fsp3) is 0.556. The van der Waals surface area contributed by atoms with Crippen molar-refractivity contribution in [2.45, 2.75) is 45.1 Å². The van der Waals surface area contributed by atoms with Crippen LogP contribution in [0.15, 0.2) is 24.3 Å².